The highest BCUT2D eigenvalue weighted by atomic mass is 19.3. The first-order valence-corrected chi connectivity index (χ1v) is 2.92. The second-order valence-electron chi connectivity index (χ2n) is 2.00. The molecule has 0 N–H and O–H groups in total. The van der Waals surface area contributed by atoms with Crippen LogP contribution in [0.3, 0.4) is 0 Å². The van der Waals surface area contributed by atoms with E-state index in [9.17, 15) is 8.78 Å². The third kappa shape index (κ3) is 1.63. The zero-order valence-corrected chi connectivity index (χ0v) is 4.93. The average Bonchev–Trinajstić information content (AvgIpc) is 1.90. The van der Waals surface area contributed by atoms with Crippen LogP contribution in [-0.4, -0.2) is 6.43 Å². The van der Waals surface area contributed by atoms with Crippen LogP contribution in [0.25, 0.3) is 0 Å². The van der Waals surface area contributed by atoms with E-state index in [0.29, 0.717) is 0 Å². The zero-order valence-electron chi connectivity index (χ0n) is 4.93. The molecule has 0 bridgehead atoms. The third-order valence-electron chi connectivity index (χ3n) is 1.28. The Hall–Kier alpha value is -0.660. The zero-order chi connectivity index (χ0) is 6.69. The van der Waals surface area contributed by atoms with Gasteiger partial charge in [-0.2, -0.15) is 0 Å². The molecular formula is C7H8F2. The molecule has 0 radical (unpaired) electrons. The molecule has 0 aromatic rings. The highest BCUT2D eigenvalue weighted by Crippen LogP contribution is 2.16. The van der Waals surface area contributed by atoms with Crippen molar-refractivity contribution in [3.05, 3.63) is 24.3 Å². The summed E-state index contributed by atoms with van der Waals surface area (Å²) in [4.78, 5) is 0. The van der Waals surface area contributed by atoms with Crippen molar-refractivity contribution in [2.45, 2.75) is 12.8 Å². The lowest BCUT2D eigenvalue weighted by Gasteiger charge is -2.07. The number of halogens is 2. The quantitative estimate of drug-likeness (QED) is 0.478. The molecule has 0 spiro atoms. The van der Waals surface area contributed by atoms with Crippen LogP contribution in [0.15, 0.2) is 24.3 Å². The minimum absolute atomic E-state index is 0.640. The highest BCUT2D eigenvalue weighted by molar-refractivity contribution is 5.09. The Bertz CT molecular complexity index is 124. The van der Waals surface area contributed by atoms with Gasteiger partial charge in [0.15, 0.2) is 0 Å². The van der Waals surface area contributed by atoms with Crippen LogP contribution in [0.4, 0.5) is 8.78 Å². The molecule has 1 aliphatic rings. The summed E-state index contributed by atoms with van der Waals surface area (Å²) in [7, 11) is 0. The summed E-state index contributed by atoms with van der Waals surface area (Å²) in [6.45, 7) is 0. The van der Waals surface area contributed by atoms with E-state index in [4.69, 9.17) is 0 Å². The van der Waals surface area contributed by atoms with Crippen LogP contribution in [0.1, 0.15) is 6.42 Å². The van der Waals surface area contributed by atoms with Gasteiger partial charge in [0.2, 0.25) is 6.43 Å². The Labute approximate surface area is 52.9 Å². The van der Waals surface area contributed by atoms with Gasteiger partial charge in [0.1, 0.15) is 0 Å². The van der Waals surface area contributed by atoms with Crippen molar-refractivity contribution < 1.29 is 8.78 Å². The van der Waals surface area contributed by atoms with Crippen LogP contribution in [0.2, 0.25) is 0 Å². The molecule has 0 amide bonds. The van der Waals surface area contributed by atoms with Crippen LogP contribution < -0.4 is 0 Å². The molecule has 0 saturated carbocycles. The summed E-state index contributed by atoms with van der Waals surface area (Å²) in [5, 5.41) is 0. The second-order valence-corrected chi connectivity index (χ2v) is 2.00. The molecule has 0 unspecified atom stereocenters. The Balaban J connectivity index is 2.49. The smallest absolute Gasteiger partial charge is 0.209 e. The summed E-state index contributed by atoms with van der Waals surface area (Å²) >= 11 is 0. The fourth-order valence-electron chi connectivity index (χ4n) is 0.782. The lowest BCUT2D eigenvalue weighted by Crippen LogP contribution is -2.05. The van der Waals surface area contributed by atoms with Crippen molar-refractivity contribution in [2.24, 2.45) is 5.92 Å². The van der Waals surface area contributed by atoms with Gasteiger partial charge >= 0.3 is 0 Å². The van der Waals surface area contributed by atoms with E-state index in [2.05, 4.69) is 0 Å². The van der Waals surface area contributed by atoms with Crippen molar-refractivity contribution >= 4 is 0 Å². The molecule has 0 atom stereocenters. The summed E-state index contributed by atoms with van der Waals surface area (Å²) < 4.78 is 23.6. The molecule has 0 fully saturated rings. The molecule has 0 saturated heterocycles. The van der Waals surface area contributed by atoms with E-state index >= 15 is 0 Å². The average molecular weight is 130 g/mol. The van der Waals surface area contributed by atoms with Gasteiger partial charge in [-0.3, -0.25) is 0 Å². The number of allylic oxidation sites excluding steroid dienone is 4. The van der Waals surface area contributed by atoms with Gasteiger partial charge in [0.25, 0.3) is 0 Å². The summed E-state index contributed by atoms with van der Waals surface area (Å²) in [5.74, 6) is -0.640. The van der Waals surface area contributed by atoms with Crippen LogP contribution in [0.5, 0.6) is 0 Å². The van der Waals surface area contributed by atoms with E-state index in [-0.39, 0.29) is 0 Å². The normalized spacial score (nSPS) is 19.4. The largest absolute Gasteiger partial charge is 0.248 e. The molecule has 9 heavy (non-hydrogen) atoms. The first-order chi connectivity index (χ1) is 4.30. The summed E-state index contributed by atoms with van der Waals surface area (Å²) in [6.07, 6.45) is 5.17. The van der Waals surface area contributed by atoms with E-state index in [1.165, 1.54) is 0 Å². The van der Waals surface area contributed by atoms with Crippen molar-refractivity contribution in [2.75, 3.05) is 0 Å². The SMILES string of the molecule is FC(F)C1C=CCC=C1. The molecule has 0 aromatic carbocycles. The molecule has 2 heteroatoms. The van der Waals surface area contributed by atoms with Gasteiger partial charge in [-0.15, -0.1) is 0 Å². The molecule has 0 aliphatic heterocycles. The number of rotatable bonds is 1. The van der Waals surface area contributed by atoms with Gasteiger partial charge in [0.05, 0.1) is 5.92 Å². The lowest BCUT2D eigenvalue weighted by molar-refractivity contribution is 0.119. The third-order valence-corrected chi connectivity index (χ3v) is 1.28. The molecular weight excluding hydrogens is 122 g/mol. The lowest BCUT2D eigenvalue weighted by atomic mass is 10.0. The van der Waals surface area contributed by atoms with Gasteiger partial charge in [-0.1, -0.05) is 24.3 Å². The molecule has 50 valence electrons. The van der Waals surface area contributed by atoms with E-state index in [0.717, 1.165) is 6.42 Å². The fraction of sp³-hybridized carbons (Fsp3) is 0.429. The maximum atomic E-state index is 11.8. The fourth-order valence-corrected chi connectivity index (χ4v) is 0.782. The maximum absolute atomic E-state index is 11.8. The van der Waals surface area contributed by atoms with Gasteiger partial charge < -0.3 is 0 Å². The van der Waals surface area contributed by atoms with Crippen molar-refractivity contribution in [1.29, 1.82) is 0 Å². The number of hydrogen-bond acceptors (Lipinski definition) is 0. The Kier molecular flexibility index (Phi) is 1.98. The van der Waals surface area contributed by atoms with Gasteiger partial charge in [0, 0.05) is 0 Å². The Morgan fingerprint density at radius 1 is 1.22 bits per heavy atom. The highest BCUT2D eigenvalue weighted by Gasteiger charge is 2.13. The summed E-state index contributed by atoms with van der Waals surface area (Å²) in [5.41, 5.74) is 0. The monoisotopic (exact) mass is 130 g/mol. The van der Waals surface area contributed by atoms with Crippen molar-refractivity contribution in [3.8, 4) is 0 Å². The predicted octanol–water partition coefficient (Wildman–Crippen LogP) is 2.38. The molecule has 1 aliphatic carbocycles. The topological polar surface area (TPSA) is 0 Å². The van der Waals surface area contributed by atoms with Gasteiger partial charge in [-0.05, 0) is 6.42 Å². The summed E-state index contributed by atoms with van der Waals surface area (Å²) in [6, 6.07) is 0. The second kappa shape index (κ2) is 2.76. The Morgan fingerprint density at radius 2 is 1.78 bits per heavy atom. The molecule has 1 rings (SSSR count). The van der Waals surface area contributed by atoms with Crippen LogP contribution in [-0.2, 0) is 0 Å². The van der Waals surface area contributed by atoms with Crippen LogP contribution >= 0.6 is 0 Å². The number of hydrogen-bond donors (Lipinski definition) is 0. The van der Waals surface area contributed by atoms with E-state index in [1.54, 1.807) is 24.3 Å². The van der Waals surface area contributed by atoms with E-state index < -0.39 is 12.3 Å². The molecule has 0 heterocycles. The predicted molar refractivity (Wildman–Crippen MR) is 32.4 cm³/mol. The maximum Gasteiger partial charge on any atom is 0.248 e. The first kappa shape index (κ1) is 6.46. The standard InChI is InChI=1S/C7H8F2/c8-7(9)6-4-2-1-3-5-6/h2-7H,1H2. The number of alkyl halides is 2. The van der Waals surface area contributed by atoms with Gasteiger partial charge in [-0.25, -0.2) is 8.78 Å². The minimum Gasteiger partial charge on any atom is -0.209 e. The van der Waals surface area contributed by atoms with Crippen molar-refractivity contribution in [1.82, 2.24) is 0 Å². The minimum atomic E-state index is -2.24. The molecule has 0 nitrogen and oxygen atoms in total. The van der Waals surface area contributed by atoms with E-state index in [1.807, 2.05) is 0 Å². The molecule has 0 aromatic heterocycles. The Morgan fingerprint density at radius 3 is 2.11 bits per heavy atom. The van der Waals surface area contributed by atoms with Crippen molar-refractivity contribution in [3.63, 3.8) is 0 Å². The first-order valence-electron chi connectivity index (χ1n) is 2.92. The van der Waals surface area contributed by atoms with Crippen LogP contribution in [0, 0.1) is 5.92 Å².